The van der Waals surface area contributed by atoms with Gasteiger partial charge in [-0.1, -0.05) is 54.6 Å². The Bertz CT molecular complexity index is 768. The first-order valence-corrected chi connectivity index (χ1v) is 10.1. The van der Waals surface area contributed by atoms with Crippen molar-refractivity contribution in [1.82, 2.24) is 9.21 Å². The molecule has 0 spiro atoms. The molecule has 1 saturated heterocycles. The standard InChI is InChI=1S/C19H24N2O3S/c22-15-18-6-8-19(9-7-18)16-25(23,24)21-12-10-20(11-13-21)14-17-4-2-1-3-5-17/h1-9,22H,10-16H2. The van der Waals surface area contributed by atoms with Gasteiger partial charge < -0.3 is 5.11 Å². The van der Waals surface area contributed by atoms with E-state index in [1.165, 1.54) is 5.56 Å². The van der Waals surface area contributed by atoms with Crippen molar-refractivity contribution in [2.24, 2.45) is 0 Å². The minimum absolute atomic E-state index is 0.0113. The maximum Gasteiger partial charge on any atom is 0.218 e. The first kappa shape index (κ1) is 18.1. The highest BCUT2D eigenvalue weighted by Crippen LogP contribution is 2.16. The molecule has 1 heterocycles. The molecule has 1 aliphatic heterocycles. The summed E-state index contributed by atoms with van der Waals surface area (Å²) >= 11 is 0. The van der Waals surface area contributed by atoms with E-state index < -0.39 is 10.0 Å². The van der Waals surface area contributed by atoms with Crippen LogP contribution in [0.1, 0.15) is 16.7 Å². The SMILES string of the molecule is O=S(=O)(Cc1ccc(CO)cc1)N1CCN(Cc2ccccc2)CC1. The van der Waals surface area contributed by atoms with Gasteiger partial charge >= 0.3 is 0 Å². The summed E-state index contributed by atoms with van der Waals surface area (Å²) in [7, 11) is -3.31. The predicted molar refractivity (Wildman–Crippen MR) is 98.3 cm³/mol. The Kier molecular flexibility index (Phi) is 5.86. The summed E-state index contributed by atoms with van der Waals surface area (Å²) in [6.45, 7) is 3.39. The molecule has 0 saturated carbocycles. The smallest absolute Gasteiger partial charge is 0.218 e. The van der Waals surface area contributed by atoms with Gasteiger partial charge in [-0.3, -0.25) is 4.90 Å². The number of sulfonamides is 1. The third-order valence-electron chi connectivity index (χ3n) is 4.53. The number of nitrogens with zero attached hydrogens (tertiary/aromatic N) is 2. The number of piperazine rings is 1. The van der Waals surface area contributed by atoms with E-state index in [0.29, 0.717) is 13.1 Å². The number of aliphatic hydroxyl groups excluding tert-OH is 1. The first-order valence-electron chi connectivity index (χ1n) is 8.49. The lowest BCUT2D eigenvalue weighted by molar-refractivity contribution is 0.181. The molecule has 2 aromatic carbocycles. The summed E-state index contributed by atoms with van der Waals surface area (Å²) in [6, 6.07) is 17.3. The van der Waals surface area contributed by atoms with Crippen molar-refractivity contribution < 1.29 is 13.5 Å². The van der Waals surface area contributed by atoms with Crippen molar-refractivity contribution in [1.29, 1.82) is 0 Å². The average Bonchev–Trinajstić information content (AvgIpc) is 2.63. The molecule has 0 unspecified atom stereocenters. The van der Waals surface area contributed by atoms with Gasteiger partial charge in [0.05, 0.1) is 12.4 Å². The number of hydrogen-bond acceptors (Lipinski definition) is 4. The Hall–Kier alpha value is -1.73. The van der Waals surface area contributed by atoms with E-state index in [-0.39, 0.29) is 12.4 Å². The van der Waals surface area contributed by atoms with Gasteiger partial charge in [0.25, 0.3) is 0 Å². The van der Waals surface area contributed by atoms with Gasteiger partial charge in [0.2, 0.25) is 10.0 Å². The third kappa shape index (κ3) is 4.89. The lowest BCUT2D eigenvalue weighted by Crippen LogP contribution is -2.48. The number of benzene rings is 2. The van der Waals surface area contributed by atoms with Crippen LogP contribution in [0.15, 0.2) is 54.6 Å². The number of aliphatic hydroxyl groups is 1. The monoisotopic (exact) mass is 360 g/mol. The normalized spacial score (nSPS) is 16.8. The van der Waals surface area contributed by atoms with Gasteiger partial charge in [0.15, 0.2) is 0 Å². The molecule has 1 fully saturated rings. The Morgan fingerprint density at radius 1 is 0.800 bits per heavy atom. The van der Waals surface area contributed by atoms with Crippen LogP contribution < -0.4 is 0 Å². The summed E-state index contributed by atoms with van der Waals surface area (Å²) in [5.41, 5.74) is 2.79. The fraction of sp³-hybridized carbons (Fsp3) is 0.368. The molecule has 5 nitrogen and oxygen atoms in total. The quantitative estimate of drug-likeness (QED) is 0.854. The third-order valence-corrected chi connectivity index (χ3v) is 6.38. The van der Waals surface area contributed by atoms with Crippen LogP contribution in [0.4, 0.5) is 0 Å². The predicted octanol–water partition coefficient (Wildman–Crippen LogP) is 1.83. The molecule has 2 aromatic rings. The van der Waals surface area contributed by atoms with Gasteiger partial charge in [-0.25, -0.2) is 8.42 Å². The Balaban J connectivity index is 1.55. The summed E-state index contributed by atoms with van der Waals surface area (Å²) in [4.78, 5) is 2.29. The Labute approximate surface area is 149 Å². The molecular weight excluding hydrogens is 336 g/mol. The molecule has 134 valence electrons. The lowest BCUT2D eigenvalue weighted by Gasteiger charge is -2.34. The van der Waals surface area contributed by atoms with Crippen molar-refractivity contribution in [2.45, 2.75) is 18.9 Å². The van der Waals surface area contributed by atoms with Crippen molar-refractivity contribution in [3.8, 4) is 0 Å². The first-order chi connectivity index (χ1) is 12.1. The maximum absolute atomic E-state index is 12.6. The number of hydrogen-bond donors (Lipinski definition) is 1. The van der Waals surface area contributed by atoms with E-state index in [4.69, 9.17) is 5.11 Å². The van der Waals surface area contributed by atoms with Crippen LogP contribution in [0, 0.1) is 0 Å². The minimum Gasteiger partial charge on any atom is -0.392 e. The van der Waals surface area contributed by atoms with Crippen molar-refractivity contribution in [3.05, 3.63) is 71.3 Å². The van der Waals surface area contributed by atoms with Crippen LogP contribution >= 0.6 is 0 Å². The largest absolute Gasteiger partial charge is 0.392 e. The Morgan fingerprint density at radius 2 is 1.40 bits per heavy atom. The van der Waals surface area contributed by atoms with E-state index in [2.05, 4.69) is 17.0 Å². The molecule has 0 aliphatic carbocycles. The van der Waals surface area contributed by atoms with Crippen molar-refractivity contribution in [2.75, 3.05) is 26.2 Å². The van der Waals surface area contributed by atoms with Gasteiger partial charge in [-0.15, -0.1) is 0 Å². The maximum atomic E-state index is 12.6. The van der Waals surface area contributed by atoms with Crippen LogP contribution in [-0.4, -0.2) is 48.9 Å². The fourth-order valence-electron chi connectivity index (χ4n) is 3.05. The summed E-state index contributed by atoms with van der Waals surface area (Å²) < 4.78 is 26.9. The Morgan fingerprint density at radius 3 is 2.00 bits per heavy atom. The molecule has 0 radical (unpaired) electrons. The molecule has 1 N–H and O–H groups in total. The summed E-state index contributed by atoms with van der Waals surface area (Å²) in [5, 5.41) is 9.06. The van der Waals surface area contributed by atoms with E-state index in [1.54, 1.807) is 28.6 Å². The van der Waals surface area contributed by atoms with E-state index in [0.717, 1.165) is 30.8 Å². The molecule has 3 rings (SSSR count). The van der Waals surface area contributed by atoms with Gasteiger partial charge in [0.1, 0.15) is 0 Å². The van der Waals surface area contributed by atoms with E-state index >= 15 is 0 Å². The van der Waals surface area contributed by atoms with E-state index in [9.17, 15) is 8.42 Å². The van der Waals surface area contributed by atoms with Crippen LogP contribution in [-0.2, 0) is 28.9 Å². The van der Waals surface area contributed by atoms with Crippen LogP contribution in [0.25, 0.3) is 0 Å². The molecular formula is C19H24N2O3S. The van der Waals surface area contributed by atoms with Gasteiger partial charge in [-0.05, 0) is 16.7 Å². The van der Waals surface area contributed by atoms with Gasteiger partial charge in [0, 0.05) is 32.7 Å². The zero-order valence-electron chi connectivity index (χ0n) is 14.2. The molecule has 6 heteroatoms. The minimum atomic E-state index is -3.31. The van der Waals surface area contributed by atoms with E-state index in [1.807, 2.05) is 18.2 Å². The van der Waals surface area contributed by atoms with Gasteiger partial charge in [-0.2, -0.15) is 4.31 Å². The topological polar surface area (TPSA) is 60.9 Å². The van der Waals surface area contributed by atoms with Crippen LogP contribution in [0.2, 0.25) is 0 Å². The lowest BCUT2D eigenvalue weighted by atomic mass is 10.2. The second kappa shape index (κ2) is 8.10. The molecule has 0 aromatic heterocycles. The average molecular weight is 360 g/mol. The second-order valence-electron chi connectivity index (χ2n) is 6.39. The molecule has 0 bridgehead atoms. The van der Waals surface area contributed by atoms with Crippen LogP contribution in [0.3, 0.4) is 0 Å². The zero-order chi connectivity index (χ0) is 17.7. The van der Waals surface area contributed by atoms with Crippen molar-refractivity contribution >= 4 is 10.0 Å². The summed E-state index contributed by atoms with van der Waals surface area (Å²) in [5.74, 6) is 0.0113. The highest BCUT2D eigenvalue weighted by atomic mass is 32.2. The fourth-order valence-corrected chi connectivity index (χ4v) is 4.57. The molecule has 25 heavy (non-hydrogen) atoms. The zero-order valence-corrected chi connectivity index (χ0v) is 15.0. The van der Waals surface area contributed by atoms with Crippen LogP contribution in [0.5, 0.6) is 0 Å². The second-order valence-corrected chi connectivity index (χ2v) is 8.36. The summed E-state index contributed by atoms with van der Waals surface area (Å²) in [6.07, 6.45) is 0. The molecule has 0 atom stereocenters. The molecule has 0 amide bonds. The highest BCUT2D eigenvalue weighted by molar-refractivity contribution is 7.88. The highest BCUT2D eigenvalue weighted by Gasteiger charge is 2.27. The van der Waals surface area contributed by atoms with Crippen molar-refractivity contribution in [3.63, 3.8) is 0 Å². The number of rotatable bonds is 6. The molecule has 1 aliphatic rings.